The fourth-order valence-electron chi connectivity index (χ4n) is 1.99. The summed E-state index contributed by atoms with van der Waals surface area (Å²) >= 11 is -2.52. The van der Waals surface area contributed by atoms with Gasteiger partial charge in [-0.05, 0) is 0 Å². The fraction of sp³-hybridized carbons (Fsp3) is 0.333. The molecule has 0 nitrogen and oxygen atoms in total. The van der Waals surface area contributed by atoms with Crippen molar-refractivity contribution in [2.45, 2.75) is 53.9 Å². The maximum atomic E-state index is 2.50. The first-order chi connectivity index (χ1) is 13.4. The quantitative estimate of drug-likeness (QED) is 0.252. The summed E-state index contributed by atoms with van der Waals surface area (Å²) in [5.74, 6) is -0.831. The van der Waals surface area contributed by atoms with Crippen molar-refractivity contribution in [1.29, 1.82) is 0 Å². The molecule has 0 aromatic heterocycles. The van der Waals surface area contributed by atoms with Crippen LogP contribution in [0.15, 0.2) is 88.0 Å². The van der Waals surface area contributed by atoms with E-state index >= 15 is 0 Å². The van der Waals surface area contributed by atoms with Crippen LogP contribution in [-0.4, -0.2) is 11.8 Å². The summed E-state index contributed by atoms with van der Waals surface area (Å²) in [5.41, 5.74) is 0. The summed E-state index contributed by atoms with van der Waals surface area (Å²) in [4.78, 5) is 0. The molecule has 0 amide bonds. The van der Waals surface area contributed by atoms with Gasteiger partial charge in [-0.25, -0.2) is 0 Å². The summed E-state index contributed by atoms with van der Waals surface area (Å²) in [7, 11) is 0. The predicted octanol–water partition coefficient (Wildman–Crippen LogP) is 1.54. The first kappa shape index (κ1) is 38.0. The summed E-state index contributed by atoms with van der Waals surface area (Å²) < 4.78 is 10.00. The number of allylic oxidation sites excluding steroid dienone is 12. The van der Waals surface area contributed by atoms with E-state index in [1.807, 2.05) is 0 Å². The average Bonchev–Trinajstić information content (AvgIpc) is 2.66. The van der Waals surface area contributed by atoms with Crippen LogP contribution in [0.1, 0.15) is 27.7 Å². The molecule has 0 aliphatic heterocycles. The molecule has 30 heavy (non-hydrogen) atoms. The Morgan fingerprint density at radius 2 is 0.600 bits per heavy atom. The van der Waals surface area contributed by atoms with Gasteiger partial charge in [0.1, 0.15) is 0 Å². The Morgan fingerprint density at radius 1 is 0.400 bits per heavy atom. The van der Waals surface area contributed by atoms with Crippen LogP contribution in [0.4, 0.5) is 0 Å². The standard InChI is InChI=1S/4C5H7.2C2H7Si.2ClH.2Zr/c4*1-3-5-4-2;2*1-3-2;;;;/h4*1,3-5H,2H3;2*3H,1-2H3;2*1H;;/q;;;;;;;;2*+1/p-2/b4*3-1?,5-4+;;;;;;. The molecular formula is C24H42Cl2Si2Zr2. The second kappa shape index (κ2) is 29.7. The van der Waals surface area contributed by atoms with E-state index in [-0.39, 0.29) is 24.8 Å². The third kappa shape index (κ3) is 26.7. The fourth-order valence-corrected chi connectivity index (χ4v) is 21.3. The maximum Gasteiger partial charge on any atom is -1.00 e. The van der Waals surface area contributed by atoms with E-state index in [4.69, 9.17) is 0 Å². The van der Waals surface area contributed by atoms with Crippen LogP contribution in [0, 0.1) is 0 Å². The number of hydrogen-bond acceptors (Lipinski definition) is 0. The van der Waals surface area contributed by atoms with Crippen LogP contribution in [0.5, 0.6) is 0 Å². The largest absolute Gasteiger partial charge is 1.00 e. The smallest absolute Gasteiger partial charge is 1.00 e. The van der Waals surface area contributed by atoms with E-state index in [0.29, 0.717) is 0 Å². The molecule has 0 bridgehead atoms. The summed E-state index contributed by atoms with van der Waals surface area (Å²) in [6, 6.07) is 0. The van der Waals surface area contributed by atoms with Gasteiger partial charge in [-0.3, -0.25) is 0 Å². The SMILES string of the molecule is C/C=C/C=[CH]/[Zr+](/[CH]=C/C=C/C)[SiH](C)C.C/C=C/C=[CH]/[Zr+](/[CH]=C/C=C/C)[SiH](C)C.[Cl-].[Cl-]. The minimum atomic E-state index is -1.26. The van der Waals surface area contributed by atoms with Crippen molar-refractivity contribution in [2.24, 2.45) is 0 Å². The Labute approximate surface area is 218 Å². The van der Waals surface area contributed by atoms with E-state index in [1.165, 1.54) is 0 Å². The first-order valence-electron chi connectivity index (χ1n) is 10.4. The zero-order valence-electron chi connectivity index (χ0n) is 20.1. The van der Waals surface area contributed by atoms with Crippen molar-refractivity contribution in [1.82, 2.24) is 0 Å². The van der Waals surface area contributed by atoms with Gasteiger partial charge in [0.15, 0.2) is 0 Å². The van der Waals surface area contributed by atoms with Crippen molar-refractivity contribution >= 4 is 11.8 Å². The Bertz CT molecular complexity index is 492. The summed E-state index contributed by atoms with van der Waals surface area (Å²) in [5, 5.41) is 0. The second-order valence-corrected chi connectivity index (χ2v) is 44.6. The van der Waals surface area contributed by atoms with Gasteiger partial charge in [0.2, 0.25) is 0 Å². The predicted molar refractivity (Wildman–Crippen MR) is 134 cm³/mol. The molecule has 0 saturated carbocycles. The third-order valence-corrected chi connectivity index (χ3v) is 36.3. The van der Waals surface area contributed by atoms with Crippen LogP contribution in [0.25, 0.3) is 0 Å². The molecule has 0 aromatic rings. The van der Waals surface area contributed by atoms with Crippen molar-refractivity contribution in [2.75, 3.05) is 0 Å². The monoisotopic (exact) mass is 636 g/mol. The van der Waals surface area contributed by atoms with Gasteiger partial charge in [0.05, 0.1) is 0 Å². The van der Waals surface area contributed by atoms with Gasteiger partial charge < -0.3 is 24.8 Å². The molecule has 0 saturated heterocycles. The average molecular weight is 640 g/mol. The Hall–Kier alpha value is 0.700. The van der Waals surface area contributed by atoms with Crippen LogP contribution < -0.4 is 24.8 Å². The van der Waals surface area contributed by atoms with E-state index in [1.54, 1.807) is 0 Å². The van der Waals surface area contributed by atoms with E-state index in [0.717, 1.165) is 0 Å². The molecule has 0 aliphatic rings. The van der Waals surface area contributed by atoms with Gasteiger partial charge in [0, 0.05) is 0 Å². The van der Waals surface area contributed by atoms with Crippen molar-refractivity contribution < 1.29 is 66.6 Å². The first-order valence-corrected chi connectivity index (χ1v) is 30.3. The molecule has 0 aliphatic carbocycles. The normalized spacial score (nSPS) is 12.3. The molecule has 0 atom stereocenters. The zero-order valence-corrected chi connectivity index (χ0v) is 28.9. The number of rotatable bonds is 10. The minimum Gasteiger partial charge on any atom is -1.00 e. The number of hydrogen-bond donors (Lipinski definition) is 0. The van der Waals surface area contributed by atoms with E-state index in [2.05, 4.69) is 142 Å². The van der Waals surface area contributed by atoms with E-state index in [9.17, 15) is 0 Å². The Morgan fingerprint density at radius 3 is 0.733 bits per heavy atom. The summed E-state index contributed by atoms with van der Waals surface area (Å²) in [6.45, 7) is 18.1. The van der Waals surface area contributed by atoms with Gasteiger partial charge in [-0.2, -0.15) is 0 Å². The van der Waals surface area contributed by atoms with Gasteiger partial charge in [-0.1, -0.05) is 0 Å². The molecule has 0 aromatic carbocycles. The van der Waals surface area contributed by atoms with Gasteiger partial charge in [0.25, 0.3) is 0 Å². The molecule has 0 fully saturated rings. The van der Waals surface area contributed by atoms with Crippen LogP contribution >= 0.6 is 0 Å². The van der Waals surface area contributed by atoms with Gasteiger partial charge in [-0.15, -0.1) is 0 Å². The van der Waals surface area contributed by atoms with E-state index < -0.39 is 53.7 Å². The van der Waals surface area contributed by atoms with Crippen molar-refractivity contribution in [3.8, 4) is 0 Å². The zero-order chi connectivity index (χ0) is 21.6. The molecule has 0 unspecified atom stereocenters. The second-order valence-electron chi connectivity index (χ2n) is 6.85. The molecule has 0 radical (unpaired) electrons. The summed E-state index contributed by atoms with van der Waals surface area (Å²) in [6.07, 6.45) is 25.9. The molecule has 0 heterocycles. The van der Waals surface area contributed by atoms with Crippen molar-refractivity contribution in [3.05, 3.63) is 88.0 Å². The van der Waals surface area contributed by atoms with Crippen molar-refractivity contribution in [3.63, 3.8) is 0 Å². The molecular weight excluding hydrogens is 598 g/mol. The molecule has 0 spiro atoms. The molecule has 0 rings (SSSR count). The molecule has 168 valence electrons. The molecule has 6 heteroatoms. The third-order valence-electron chi connectivity index (χ3n) is 3.70. The van der Waals surface area contributed by atoms with Crippen LogP contribution in [-0.2, 0) is 41.8 Å². The molecule has 0 N–H and O–H groups in total. The van der Waals surface area contributed by atoms with Crippen LogP contribution in [0.2, 0.25) is 26.2 Å². The Kier molecular flexibility index (Phi) is 37.6. The van der Waals surface area contributed by atoms with Gasteiger partial charge >= 0.3 is 196 Å². The maximum absolute atomic E-state index is 2.50. The Balaban J connectivity index is -0.000000211. The topological polar surface area (TPSA) is 0 Å². The number of halogens is 2. The van der Waals surface area contributed by atoms with Crippen LogP contribution in [0.3, 0.4) is 0 Å². The minimum absolute atomic E-state index is 0.